The molecule has 1 aliphatic heterocycles. The van der Waals surface area contributed by atoms with E-state index in [1.165, 1.54) is 11.1 Å². The summed E-state index contributed by atoms with van der Waals surface area (Å²) in [5.41, 5.74) is 2.70. The Bertz CT molecular complexity index is 771. The van der Waals surface area contributed by atoms with E-state index in [0.29, 0.717) is 11.8 Å². The van der Waals surface area contributed by atoms with Crippen molar-refractivity contribution < 1.29 is 4.42 Å². The van der Waals surface area contributed by atoms with Crippen LogP contribution in [0.1, 0.15) is 35.8 Å². The summed E-state index contributed by atoms with van der Waals surface area (Å²) in [4.78, 5) is 3.56. The van der Waals surface area contributed by atoms with Crippen LogP contribution in [0.25, 0.3) is 10.8 Å². The Morgan fingerprint density at radius 1 is 1.12 bits per heavy atom. The van der Waals surface area contributed by atoms with Crippen LogP contribution in [0.2, 0.25) is 0 Å². The Morgan fingerprint density at radius 2 is 1.92 bits per heavy atom. The Kier molecular flexibility index (Phi) is 4.45. The Balaban J connectivity index is 1.35. The van der Waals surface area contributed by atoms with E-state index in [0.717, 1.165) is 43.2 Å². The number of aromatic nitrogens is 2. The molecule has 5 heteroatoms. The molecule has 0 N–H and O–H groups in total. The number of thiophene rings is 1. The molecule has 24 heavy (non-hydrogen) atoms. The summed E-state index contributed by atoms with van der Waals surface area (Å²) < 4.78 is 5.90. The summed E-state index contributed by atoms with van der Waals surface area (Å²) in [7, 11) is 0. The SMILES string of the molecule is Cc1ccc(CN2CCC(c3nnc(-c4cccs4)o3)CC2)cc1. The molecule has 4 rings (SSSR count). The van der Waals surface area contributed by atoms with E-state index >= 15 is 0 Å². The van der Waals surface area contributed by atoms with Crippen molar-refractivity contribution >= 4 is 11.3 Å². The summed E-state index contributed by atoms with van der Waals surface area (Å²) in [5, 5.41) is 10.5. The molecule has 0 amide bonds. The maximum absolute atomic E-state index is 5.90. The number of rotatable bonds is 4. The molecule has 0 saturated carbocycles. The molecule has 3 heterocycles. The second kappa shape index (κ2) is 6.87. The second-order valence-corrected chi connectivity index (χ2v) is 7.41. The molecule has 0 atom stereocenters. The minimum atomic E-state index is 0.389. The van der Waals surface area contributed by atoms with Crippen molar-refractivity contribution in [2.45, 2.75) is 32.2 Å². The van der Waals surface area contributed by atoms with Crippen LogP contribution < -0.4 is 0 Å². The average Bonchev–Trinajstić information content (AvgIpc) is 3.29. The lowest BCUT2D eigenvalue weighted by Gasteiger charge is -2.30. The minimum Gasteiger partial charge on any atom is -0.420 e. The molecule has 4 nitrogen and oxygen atoms in total. The Hall–Kier alpha value is -1.98. The van der Waals surface area contributed by atoms with E-state index in [1.807, 2.05) is 17.5 Å². The number of hydrogen-bond acceptors (Lipinski definition) is 5. The quantitative estimate of drug-likeness (QED) is 0.702. The first-order valence-corrected chi connectivity index (χ1v) is 9.31. The van der Waals surface area contributed by atoms with Crippen LogP contribution in [0.3, 0.4) is 0 Å². The number of nitrogens with zero attached hydrogens (tertiary/aromatic N) is 3. The molecule has 2 aromatic heterocycles. The van der Waals surface area contributed by atoms with E-state index < -0.39 is 0 Å². The van der Waals surface area contributed by atoms with Crippen LogP contribution in [-0.2, 0) is 6.54 Å². The molecule has 1 aromatic carbocycles. The van der Waals surface area contributed by atoms with Crippen molar-refractivity contribution in [3.63, 3.8) is 0 Å². The van der Waals surface area contributed by atoms with Crippen LogP contribution in [0.15, 0.2) is 46.2 Å². The second-order valence-electron chi connectivity index (χ2n) is 6.46. The highest BCUT2D eigenvalue weighted by Gasteiger charge is 2.25. The standard InChI is InChI=1S/C19H21N3OS/c1-14-4-6-15(7-5-14)13-22-10-8-16(9-11-22)18-20-21-19(23-18)17-3-2-12-24-17/h2-7,12,16H,8-11,13H2,1H3. The van der Waals surface area contributed by atoms with Gasteiger partial charge in [0.15, 0.2) is 0 Å². The molecular weight excluding hydrogens is 318 g/mol. The molecule has 1 saturated heterocycles. The molecule has 0 bridgehead atoms. The van der Waals surface area contributed by atoms with E-state index in [9.17, 15) is 0 Å². The highest BCUT2D eigenvalue weighted by Crippen LogP contribution is 2.31. The van der Waals surface area contributed by atoms with Crippen LogP contribution in [0.5, 0.6) is 0 Å². The molecule has 1 fully saturated rings. The fraction of sp³-hybridized carbons (Fsp3) is 0.368. The molecule has 0 spiro atoms. The van der Waals surface area contributed by atoms with Crippen LogP contribution >= 0.6 is 11.3 Å². The summed E-state index contributed by atoms with van der Waals surface area (Å²) in [6.07, 6.45) is 2.16. The van der Waals surface area contributed by atoms with Gasteiger partial charge in [-0.3, -0.25) is 4.90 Å². The topological polar surface area (TPSA) is 42.2 Å². The normalized spacial score (nSPS) is 16.5. The number of hydrogen-bond donors (Lipinski definition) is 0. The molecular formula is C19H21N3OS. The van der Waals surface area contributed by atoms with E-state index in [1.54, 1.807) is 11.3 Å². The highest BCUT2D eigenvalue weighted by atomic mass is 32.1. The number of piperidine rings is 1. The number of likely N-dealkylation sites (tertiary alicyclic amines) is 1. The lowest BCUT2D eigenvalue weighted by Crippen LogP contribution is -2.32. The van der Waals surface area contributed by atoms with Gasteiger partial charge in [0.05, 0.1) is 4.88 Å². The van der Waals surface area contributed by atoms with Gasteiger partial charge in [0.1, 0.15) is 0 Å². The zero-order valence-corrected chi connectivity index (χ0v) is 14.6. The third-order valence-corrected chi connectivity index (χ3v) is 5.49. The fourth-order valence-electron chi connectivity index (χ4n) is 3.19. The van der Waals surface area contributed by atoms with Crippen molar-refractivity contribution in [3.05, 3.63) is 58.8 Å². The maximum Gasteiger partial charge on any atom is 0.257 e. The summed E-state index contributed by atoms with van der Waals surface area (Å²) in [5.74, 6) is 1.84. The lowest BCUT2D eigenvalue weighted by molar-refractivity contribution is 0.193. The van der Waals surface area contributed by atoms with Gasteiger partial charge in [0, 0.05) is 12.5 Å². The largest absolute Gasteiger partial charge is 0.420 e. The maximum atomic E-state index is 5.90. The van der Waals surface area contributed by atoms with E-state index in [-0.39, 0.29) is 0 Å². The van der Waals surface area contributed by atoms with Crippen molar-refractivity contribution in [1.29, 1.82) is 0 Å². The molecule has 0 radical (unpaired) electrons. The van der Waals surface area contributed by atoms with Crippen LogP contribution in [-0.4, -0.2) is 28.2 Å². The molecule has 124 valence electrons. The first-order valence-electron chi connectivity index (χ1n) is 8.43. The lowest BCUT2D eigenvalue weighted by atomic mass is 9.96. The van der Waals surface area contributed by atoms with Gasteiger partial charge in [-0.2, -0.15) is 0 Å². The first kappa shape index (κ1) is 15.5. The van der Waals surface area contributed by atoms with Gasteiger partial charge >= 0.3 is 0 Å². The fourth-order valence-corrected chi connectivity index (χ4v) is 3.83. The van der Waals surface area contributed by atoms with Crippen molar-refractivity contribution in [1.82, 2.24) is 15.1 Å². The van der Waals surface area contributed by atoms with E-state index in [2.05, 4.69) is 46.3 Å². The Morgan fingerprint density at radius 3 is 2.62 bits per heavy atom. The van der Waals surface area contributed by atoms with E-state index in [4.69, 9.17) is 4.42 Å². The predicted octanol–water partition coefficient (Wildman–Crippen LogP) is 4.49. The van der Waals surface area contributed by atoms with Gasteiger partial charge in [-0.25, -0.2) is 0 Å². The van der Waals surface area contributed by atoms with Gasteiger partial charge in [-0.05, 0) is 49.9 Å². The summed E-state index contributed by atoms with van der Waals surface area (Å²) in [6, 6.07) is 12.9. The van der Waals surface area contributed by atoms with Gasteiger partial charge in [-0.15, -0.1) is 21.5 Å². The zero-order chi connectivity index (χ0) is 16.4. The number of aryl methyl sites for hydroxylation is 1. The minimum absolute atomic E-state index is 0.389. The predicted molar refractivity (Wildman–Crippen MR) is 96.0 cm³/mol. The third-order valence-electron chi connectivity index (χ3n) is 4.64. The van der Waals surface area contributed by atoms with Crippen molar-refractivity contribution in [2.75, 3.05) is 13.1 Å². The average molecular weight is 339 g/mol. The molecule has 3 aromatic rings. The van der Waals surface area contributed by atoms with Crippen molar-refractivity contribution in [2.24, 2.45) is 0 Å². The summed E-state index contributed by atoms with van der Waals surface area (Å²) in [6.45, 7) is 5.31. The summed E-state index contributed by atoms with van der Waals surface area (Å²) >= 11 is 1.63. The van der Waals surface area contributed by atoms with Gasteiger partial charge in [0.25, 0.3) is 5.89 Å². The third kappa shape index (κ3) is 3.42. The van der Waals surface area contributed by atoms with Crippen molar-refractivity contribution in [3.8, 4) is 10.8 Å². The zero-order valence-electron chi connectivity index (χ0n) is 13.8. The molecule has 0 aliphatic carbocycles. The van der Waals surface area contributed by atoms with Gasteiger partial charge in [0.2, 0.25) is 5.89 Å². The van der Waals surface area contributed by atoms with Crippen LogP contribution in [0.4, 0.5) is 0 Å². The van der Waals surface area contributed by atoms with Gasteiger partial charge < -0.3 is 4.42 Å². The smallest absolute Gasteiger partial charge is 0.257 e. The Labute approximate surface area is 146 Å². The highest BCUT2D eigenvalue weighted by molar-refractivity contribution is 7.13. The molecule has 0 unspecified atom stereocenters. The van der Waals surface area contributed by atoms with Gasteiger partial charge in [-0.1, -0.05) is 35.9 Å². The number of benzene rings is 1. The first-order chi connectivity index (χ1) is 11.8. The van der Waals surface area contributed by atoms with Crippen LogP contribution in [0, 0.1) is 6.92 Å². The molecule has 1 aliphatic rings. The monoisotopic (exact) mass is 339 g/mol.